The second kappa shape index (κ2) is 6.43. The minimum Gasteiger partial charge on any atom is -0.376 e. The number of aromatic nitrogens is 3. The molecule has 3 rings (SSSR count). The first-order chi connectivity index (χ1) is 10.3. The zero-order valence-corrected chi connectivity index (χ0v) is 12.9. The van der Waals surface area contributed by atoms with Crippen LogP contribution >= 0.6 is 0 Å². The quantitative estimate of drug-likeness (QED) is 0.830. The molecule has 1 N–H and O–H groups in total. The molecule has 2 aromatic heterocycles. The molecule has 0 amide bonds. The van der Waals surface area contributed by atoms with Crippen LogP contribution in [0.5, 0.6) is 0 Å². The van der Waals surface area contributed by atoms with Gasteiger partial charge >= 0.3 is 0 Å². The molecular weight excluding hydrogens is 264 g/mol. The van der Waals surface area contributed by atoms with Gasteiger partial charge in [0.25, 0.3) is 0 Å². The summed E-state index contributed by atoms with van der Waals surface area (Å²) in [4.78, 5) is 9.14. The van der Waals surface area contributed by atoms with Crippen molar-refractivity contribution in [3.05, 3.63) is 18.1 Å². The molecule has 1 saturated heterocycles. The van der Waals surface area contributed by atoms with Crippen molar-refractivity contribution in [1.82, 2.24) is 14.5 Å². The van der Waals surface area contributed by atoms with Crippen molar-refractivity contribution in [2.45, 2.75) is 52.2 Å². The molecule has 0 bridgehead atoms. The average Bonchev–Trinajstić information content (AvgIpc) is 3.10. The molecular formula is C16H24N4O. The fraction of sp³-hybridized carbons (Fsp3) is 0.625. The van der Waals surface area contributed by atoms with E-state index in [1.807, 2.05) is 6.92 Å². The van der Waals surface area contributed by atoms with Gasteiger partial charge < -0.3 is 14.6 Å². The summed E-state index contributed by atoms with van der Waals surface area (Å²) in [6.07, 6.45) is 7.07. The van der Waals surface area contributed by atoms with Crippen LogP contribution in [0.4, 0.5) is 5.82 Å². The number of ether oxygens (including phenoxy) is 1. The van der Waals surface area contributed by atoms with Gasteiger partial charge in [0.2, 0.25) is 0 Å². The van der Waals surface area contributed by atoms with E-state index in [1.54, 1.807) is 0 Å². The zero-order valence-electron chi connectivity index (χ0n) is 12.9. The zero-order chi connectivity index (χ0) is 14.7. The highest BCUT2D eigenvalue weighted by molar-refractivity contribution is 5.86. The molecule has 5 heteroatoms. The number of fused-ring (bicyclic) bond motifs is 1. The van der Waals surface area contributed by atoms with Crippen LogP contribution in [0.25, 0.3) is 11.0 Å². The molecule has 0 unspecified atom stereocenters. The molecule has 0 aromatic carbocycles. The van der Waals surface area contributed by atoms with Crippen LogP contribution in [-0.4, -0.2) is 33.8 Å². The van der Waals surface area contributed by atoms with Gasteiger partial charge in [-0.05, 0) is 32.3 Å². The second-order valence-electron chi connectivity index (χ2n) is 5.74. The van der Waals surface area contributed by atoms with E-state index in [1.165, 1.54) is 12.8 Å². The van der Waals surface area contributed by atoms with Crippen molar-refractivity contribution in [2.24, 2.45) is 0 Å². The summed E-state index contributed by atoms with van der Waals surface area (Å²) in [6.45, 7) is 6.87. The Bertz CT molecular complexity index is 602. The van der Waals surface area contributed by atoms with Gasteiger partial charge in [0, 0.05) is 25.9 Å². The molecule has 1 aliphatic heterocycles. The average molecular weight is 288 g/mol. The summed E-state index contributed by atoms with van der Waals surface area (Å²) in [5.74, 6) is 1.77. The summed E-state index contributed by atoms with van der Waals surface area (Å²) in [7, 11) is 0. The summed E-state index contributed by atoms with van der Waals surface area (Å²) < 4.78 is 7.99. The van der Waals surface area contributed by atoms with Crippen LogP contribution in [0.15, 0.2) is 12.3 Å². The first-order valence-electron chi connectivity index (χ1n) is 7.97. The monoisotopic (exact) mass is 288 g/mol. The maximum Gasteiger partial charge on any atom is 0.154 e. The van der Waals surface area contributed by atoms with E-state index in [-0.39, 0.29) is 0 Å². The highest BCUT2D eigenvalue weighted by atomic mass is 16.5. The molecule has 1 aliphatic rings. The number of nitrogens with one attached hydrogen (secondary N) is 1. The Morgan fingerprint density at radius 3 is 3.10 bits per heavy atom. The van der Waals surface area contributed by atoms with Crippen LogP contribution < -0.4 is 5.32 Å². The van der Waals surface area contributed by atoms with Crippen molar-refractivity contribution in [3.8, 4) is 0 Å². The number of unbranched alkanes of at least 4 members (excludes halogenated alkanes) is 1. The lowest BCUT2D eigenvalue weighted by molar-refractivity contribution is 0.0980. The Hall–Kier alpha value is -1.62. The minimum atomic E-state index is 0.324. The number of hydrogen-bond donors (Lipinski definition) is 1. The summed E-state index contributed by atoms with van der Waals surface area (Å²) >= 11 is 0. The van der Waals surface area contributed by atoms with E-state index in [4.69, 9.17) is 4.74 Å². The van der Waals surface area contributed by atoms with Crippen LogP contribution in [0.3, 0.4) is 0 Å². The molecule has 1 fully saturated rings. The number of anilines is 1. The smallest absolute Gasteiger partial charge is 0.154 e. The summed E-state index contributed by atoms with van der Waals surface area (Å²) in [5.41, 5.74) is 2.12. The van der Waals surface area contributed by atoms with Gasteiger partial charge in [-0.1, -0.05) is 13.3 Å². The molecule has 3 heterocycles. The molecule has 114 valence electrons. The number of rotatable bonds is 6. The van der Waals surface area contributed by atoms with Gasteiger partial charge in [0.15, 0.2) is 5.82 Å². The molecule has 0 radical (unpaired) electrons. The number of hydrogen-bond acceptors (Lipinski definition) is 4. The third-order valence-corrected chi connectivity index (χ3v) is 3.97. The minimum absolute atomic E-state index is 0.324. The lowest BCUT2D eigenvalue weighted by atomic mass is 10.2. The molecule has 21 heavy (non-hydrogen) atoms. The van der Waals surface area contributed by atoms with Crippen LogP contribution in [0, 0.1) is 6.92 Å². The molecule has 0 spiro atoms. The fourth-order valence-electron chi connectivity index (χ4n) is 2.89. The maximum absolute atomic E-state index is 5.76. The van der Waals surface area contributed by atoms with E-state index in [0.717, 1.165) is 55.2 Å². The number of aryl methyl sites for hydroxylation is 1. The van der Waals surface area contributed by atoms with E-state index in [9.17, 15) is 0 Å². The fourth-order valence-corrected chi connectivity index (χ4v) is 2.89. The first kappa shape index (κ1) is 14.3. The van der Waals surface area contributed by atoms with Crippen LogP contribution in [0.1, 0.15) is 38.4 Å². The molecule has 0 saturated carbocycles. The standard InChI is InChI=1S/C16H24N4O/c1-3-4-8-17-16-15-14(18-12(2)19-16)7-9-20(15)11-13-6-5-10-21-13/h7,9,13H,3-6,8,10-11H2,1-2H3,(H,17,18,19)/t13-/m1/s1. The van der Waals surface area contributed by atoms with E-state index < -0.39 is 0 Å². The Balaban J connectivity index is 1.89. The van der Waals surface area contributed by atoms with E-state index in [0.29, 0.717) is 6.10 Å². The molecule has 5 nitrogen and oxygen atoms in total. The van der Waals surface area contributed by atoms with Crippen molar-refractivity contribution in [3.63, 3.8) is 0 Å². The SMILES string of the molecule is CCCCNc1nc(C)nc2ccn(C[C@H]3CCCO3)c12. The Morgan fingerprint density at radius 2 is 2.33 bits per heavy atom. The van der Waals surface area contributed by atoms with Crippen molar-refractivity contribution < 1.29 is 4.74 Å². The van der Waals surface area contributed by atoms with E-state index in [2.05, 4.69) is 39.0 Å². The topological polar surface area (TPSA) is 52.0 Å². The van der Waals surface area contributed by atoms with Gasteiger partial charge in [0.1, 0.15) is 11.3 Å². The predicted octanol–water partition coefficient (Wildman–Crippen LogP) is 3.13. The van der Waals surface area contributed by atoms with Gasteiger partial charge in [-0.2, -0.15) is 0 Å². The first-order valence-corrected chi connectivity index (χ1v) is 7.97. The highest BCUT2D eigenvalue weighted by Gasteiger charge is 2.18. The Labute approximate surface area is 125 Å². The maximum atomic E-state index is 5.76. The molecule has 1 atom stereocenters. The van der Waals surface area contributed by atoms with Gasteiger partial charge in [-0.25, -0.2) is 9.97 Å². The van der Waals surface area contributed by atoms with Gasteiger partial charge in [0.05, 0.1) is 11.6 Å². The Kier molecular flexibility index (Phi) is 4.39. The third kappa shape index (κ3) is 3.18. The molecule has 2 aromatic rings. The normalized spacial score (nSPS) is 18.5. The van der Waals surface area contributed by atoms with Crippen LogP contribution in [-0.2, 0) is 11.3 Å². The Morgan fingerprint density at radius 1 is 1.43 bits per heavy atom. The van der Waals surface area contributed by atoms with E-state index >= 15 is 0 Å². The third-order valence-electron chi connectivity index (χ3n) is 3.97. The highest BCUT2D eigenvalue weighted by Crippen LogP contribution is 2.24. The number of nitrogens with zero attached hydrogens (tertiary/aromatic N) is 3. The van der Waals surface area contributed by atoms with Gasteiger partial charge in [-0.3, -0.25) is 0 Å². The lowest BCUT2D eigenvalue weighted by Gasteiger charge is -2.14. The van der Waals surface area contributed by atoms with Gasteiger partial charge in [-0.15, -0.1) is 0 Å². The van der Waals surface area contributed by atoms with Crippen LogP contribution in [0.2, 0.25) is 0 Å². The van der Waals surface area contributed by atoms with Crippen molar-refractivity contribution >= 4 is 16.9 Å². The predicted molar refractivity (Wildman–Crippen MR) is 84.6 cm³/mol. The second-order valence-corrected chi connectivity index (χ2v) is 5.74. The largest absolute Gasteiger partial charge is 0.376 e. The molecule has 0 aliphatic carbocycles. The lowest BCUT2D eigenvalue weighted by Crippen LogP contribution is -2.15. The van der Waals surface area contributed by atoms with Crippen molar-refractivity contribution in [1.29, 1.82) is 0 Å². The van der Waals surface area contributed by atoms with Crippen molar-refractivity contribution in [2.75, 3.05) is 18.5 Å². The summed E-state index contributed by atoms with van der Waals surface area (Å²) in [6, 6.07) is 2.07. The summed E-state index contributed by atoms with van der Waals surface area (Å²) in [5, 5.41) is 3.47.